The molecule has 1 unspecified atom stereocenters. The molecular formula is C18H31N3. The Kier molecular flexibility index (Phi) is 6.22. The number of benzene rings is 1. The maximum Gasteiger partial charge on any atom is 0.0446 e. The van der Waals surface area contributed by atoms with Gasteiger partial charge in [-0.1, -0.05) is 31.2 Å². The zero-order valence-electron chi connectivity index (χ0n) is 14.1. The summed E-state index contributed by atoms with van der Waals surface area (Å²) in [6, 6.07) is 10.2. The number of aryl methyl sites for hydroxylation is 1. The van der Waals surface area contributed by atoms with E-state index in [0.717, 1.165) is 13.0 Å². The van der Waals surface area contributed by atoms with Gasteiger partial charge in [-0.2, -0.15) is 0 Å². The molecular weight excluding hydrogens is 258 g/mol. The molecule has 1 aliphatic heterocycles. The third-order valence-electron chi connectivity index (χ3n) is 4.72. The molecule has 1 N–H and O–H groups in total. The van der Waals surface area contributed by atoms with Crippen LogP contribution in [0.4, 0.5) is 0 Å². The van der Waals surface area contributed by atoms with Crippen molar-refractivity contribution in [2.75, 3.05) is 39.8 Å². The van der Waals surface area contributed by atoms with Gasteiger partial charge in [-0.15, -0.1) is 0 Å². The summed E-state index contributed by atoms with van der Waals surface area (Å²) in [5, 5.41) is 3.48. The Labute approximate surface area is 130 Å². The average Bonchev–Trinajstić information content (AvgIpc) is 2.53. The molecule has 0 saturated carbocycles. The molecule has 1 saturated heterocycles. The minimum absolute atomic E-state index is 0.432. The molecule has 1 aromatic rings. The quantitative estimate of drug-likeness (QED) is 0.868. The SMILES string of the molecule is CCc1ccc(C(CN2CCN(C(C)C)CC2)NC)cc1. The highest BCUT2D eigenvalue weighted by atomic mass is 15.3. The van der Waals surface area contributed by atoms with E-state index in [2.05, 4.69) is 67.2 Å². The van der Waals surface area contributed by atoms with Crippen molar-refractivity contribution < 1.29 is 0 Å². The average molecular weight is 289 g/mol. The van der Waals surface area contributed by atoms with Crippen LogP contribution < -0.4 is 5.32 Å². The van der Waals surface area contributed by atoms with Crippen LogP contribution in [0, 0.1) is 0 Å². The highest BCUT2D eigenvalue weighted by molar-refractivity contribution is 5.25. The van der Waals surface area contributed by atoms with E-state index in [1.807, 2.05) is 0 Å². The fourth-order valence-corrected chi connectivity index (χ4v) is 3.07. The van der Waals surface area contributed by atoms with Gasteiger partial charge < -0.3 is 5.32 Å². The molecule has 21 heavy (non-hydrogen) atoms. The number of nitrogens with zero attached hydrogens (tertiary/aromatic N) is 2. The maximum absolute atomic E-state index is 3.48. The predicted molar refractivity (Wildman–Crippen MR) is 90.8 cm³/mol. The van der Waals surface area contributed by atoms with Crippen LogP contribution in [-0.2, 0) is 6.42 Å². The lowest BCUT2D eigenvalue weighted by Crippen LogP contribution is -2.50. The largest absolute Gasteiger partial charge is 0.312 e. The Morgan fingerprint density at radius 1 is 1.05 bits per heavy atom. The summed E-state index contributed by atoms with van der Waals surface area (Å²) in [7, 11) is 2.07. The van der Waals surface area contributed by atoms with Crippen LogP contribution in [0.15, 0.2) is 24.3 Å². The second kappa shape index (κ2) is 7.92. The Morgan fingerprint density at radius 2 is 1.67 bits per heavy atom. The number of piperazine rings is 1. The number of likely N-dealkylation sites (N-methyl/N-ethyl adjacent to an activating group) is 1. The number of nitrogens with one attached hydrogen (secondary N) is 1. The first-order valence-corrected chi connectivity index (χ1v) is 8.36. The van der Waals surface area contributed by atoms with Crippen LogP contribution in [0.3, 0.4) is 0 Å². The third-order valence-corrected chi connectivity index (χ3v) is 4.72. The van der Waals surface area contributed by atoms with Crippen molar-refractivity contribution in [2.24, 2.45) is 0 Å². The monoisotopic (exact) mass is 289 g/mol. The van der Waals surface area contributed by atoms with Gasteiger partial charge in [0.25, 0.3) is 0 Å². The molecule has 0 aromatic heterocycles. The van der Waals surface area contributed by atoms with Crippen LogP contribution in [0.1, 0.15) is 37.9 Å². The van der Waals surface area contributed by atoms with Gasteiger partial charge in [0.2, 0.25) is 0 Å². The molecule has 1 atom stereocenters. The van der Waals surface area contributed by atoms with Crippen LogP contribution in [0.2, 0.25) is 0 Å². The summed E-state index contributed by atoms with van der Waals surface area (Å²) in [4.78, 5) is 5.16. The normalized spacial score (nSPS) is 19.1. The van der Waals surface area contributed by atoms with E-state index in [1.165, 1.54) is 37.3 Å². The Bertz CT molecular complexity index is 405. The summed E-state index contributed by atoms with van der Waals surface area (Å²) < 4.78 is 0. The molecule has 3 heteroatoms. The minimum atomic E-state index is 0.432. The molecule has 2 rings (SSSR count). The Hall–Kier alpha value is -0.900. The van der Waals surface area contributed by atoms with E-state index in [1.54, 1.807) is 0 Å². The molecule has 0 spiro atoms. The molecule has 1 aliphatic rings. The zero-order chi connectivity index (χ0) is 15.2. The lowest BCUT2D eigenvalue weighted by atomic mass is 10.0. The number of hydrogen-bond acceptors (Lipinski definition) is 3. The maximum atomic E-state index is 3.48. The second-order valence-corrected chi connectivity index (χ2v) is 6.37. The van der Waals surface area contributed by atoms with Gasteiger partial charge in [0.1, 0.15) is 0 Å². The van der Waals surface area contributed by atoms with Gasteiger partial charge in [0.05, 0.1) is 0 Å². The van der Waals surface area contributed by atoms with Crippen molar-refractivity contribution in [3.63, 3.8) is 0 Å². The second-order valence-electron chi connectivity index (χ2n) is 6.37. The summed E-state index contributed by atoms with van der Waals surface area (Å²) in [6.07, 6.45) is 1.11. The van der Waals surface area contributed by atoms with Gasteiger partial charge in [-0.25, -0.2) is 0 Å². The summed E-state index contributed by atoms with van der Waals surface area (Å²) in [5.74, 6) is 0. The van der Waals surface area contributed by atoms with E-state index in [0.29, 0.717) is 12.1 Å². The highest BCUT2D eigenvalue weighted by Gasteiger charge is 2.21. The molecule has 0 aliphatic carbocycles. The predicted octanol–water partition coefficient (Wildman–Crippen LogP) is 2.54. The van der Waals surface area contributed by atoms with Gasteiger partial charge in [-0.3, -0.25) is 9.80 Å². The Morgan fingerprint density at radius 3 is 2.14 bits per heavy atom. The van der Waals surface area contributed by atoms with E-state index < -0.39 is 0 Å². The lowest BCUT2D eigenvalue weighted by molar-refractivity contribution is 0.102. The van der Waals surface area contributed by atoms with Crippen molar-refractivity contribution in [3.05, 3.63) is 35.4 Å². The van der Waals surface area contributed by atoms with Crippen molar-refractivity contribution >= 4 is 0 Å². The summed E-state index contributed by atoms with van der Waals surface area (Å²) in [6.45, 7) is 12.7. The molecule has 1 fully saturated rings. The molecule has 0 amide bonds. The molecule has 1 heterocycles. The van der Waals surface area contributed by atoms with Crippen LogP contribution in [0.5, 0.6) is 0 Å². The Balaban J connectivity index is 1.90. The zero-order valence-corrected chi connectivity index (χ0v) is 14.1. The molecule has 3 nitrogen and oxygen atoms in total. The molecule has 1 aromatic carbocycles. The number of rotatable bonds is 6. The van der Waals surface area contributed by atoms with Crippen LogP contribution in [0.25, 0.3) is 0 Å². The van der Waals surface area contributed by atoms with Gasteiger partial charge >= 0.3 is 0 Å². The minimum Gasteiger partial charge on any atom is -0.312 e. The highest BCUT2D eigenvalue weighted by Crippen LogP contribution is 2.17. The van der Waals surface area contributed by atoms with E-state index in [9.17, 15) is 0 Å². The van der Waals surface area contributed by atoms with Crippen LogP contribution in [-0.4, -0.2) is 55.6 Å². The van der Waals surface area contributed by atoms with Crippen molar-refractivity contribution in [1.82, 2.24) is 15.1 Å². The van der Waals surface area contributed by atoms with Gasteiger partial charge in [0.15, 0.2) is 0 Å². The third kappa shape index (κ3) is 4.53. The first-order chi connectivity index (χ1) is 10.1. The smallest absolute Gasteiger partial charge is 0.0446 e. The number of hydrogen-bond donors (Lipinski definition) is 1. The lowest BCUT2D eigenvalue weighted by Gasteiger charge is -2.38. The fourth-order valence-electron chi connectivity index (χ4n) is 3.07. The van der Waals surface area contributed by atoms with E-state index in [4.69, 9.17) is 0 Å². The van der Waals surface area contributed by atoms with Gasteiger partial charge in [0, 0.05) is 44.8 Å². The summed E-state index contributed by atoms with van der Waals surface area (Å²) >= 11 is 0. The molecule has 0 bridgehead atoms. The molecule has 118 valence electrons. The van der Waals surface area contributed by atoms with Crippen molar-refractivity contribution in [3.8, 4) is 0 Å². The fraction of sp³-hybridized carbons (Fsp3) is 0.667. The van der Waals surface area contributed by atoms with Crippen LogP contribution >= 0.6 is 0 Å². The van der Waals surface area contributed by atoms with Crippen molar-refractivity contribution in [1.29, 1.82) is 0 Å². The summed E-state index contributed by atoms with van der Waals surface area (Å²) in [5.41, 5.74) is 2.82. The molecule has 0 radical (unpaired) electrons. The first-order valence-electron chi connectivity index (χ1n) is 8.36. The van der Waals surface area contributed by atoms with E-state index >= 15 is 0 Å². The first kappa shape index (κ1) is 16.5. The standard InChI is InChI=1S/C18H31N3/c1-5-16-6-8-17(9-7-16)18(19-4)14-20-10-12-21(13-11-20)15(2)3/h6-9,15,18-19H,5,10-14H2,1-4H3. The van der Waals surface area contributed by atoms with Crippen molar-refractivity contribution in [2.45, 2.75) is 39.3 Å². The van der Waals surface area contributed by atoms with Gasteiger partial charge in [-0.05, 0) is 38.4 Å². The van der Waals surface area contributed by atoms with E-state index in [-0.39, 0.29) is 0 Å². The topological polar surface area (TPSA) is 18.5 Å².